The summed E-state index contributed by atoms with van der Waals surface area (Å²) in [4.78, 5) is 4.54. The number of nitrogens with zero attached hydrogens (tertiary/aromatic N) is 1. The number of thiazole rings is 1. The summed E-state index contributed by atoms with van der Waals surface area (Å²) in [7, 11) is 0. The van der Waals surface area contributed by atoms with Crippen molar-refractivity contribution in [1.29, 1.82) is 0 Å². The van der Waals surface area contributed by atoms with Gasteiger partial charge in [0, 0.05) is 10.8 Å². The van der Waals surface area contributed by atoms with E-state index in [2.05, 4.69) is 48.5 Å². The molecular weight excluding hydrogens is 178 g/mol. The maximum absolute atomic E-state index is 4.54. The first kappa shape index (κ1) is 8.70. The van der Waals surface area contributed by atoms with Crippen LogP contribution in [0.1, 0.15) is 24.0 Å². The van der Waals surface area contributed by atoms with Crippen LogP contribution in [0.4, 0.5) is 0 Å². The van der Waals surface area contributed by atoms with Crippen LogP contribution in [0.5, 0.6) is 0 Å². The fourth-order valence-electron chi connectivity index (χ4n) is 1.54. The molecule has 1 unspecified atom stereocenters. The van der Waals surface area contributed by atoms with E-state index >= 15 is 0 Å². The van der Waals surface area contributed by atoms with E-state index < -0.39 is 0 Å². The molecule has 0 amide bonds. The Morgan fingerprint density at radius 3 is 2.85 bits per heavy atom. The van der Waals surface area contributed by atoms with E-state index in [9.17, 15) is 0 Å². The topological polar surface area (TPSA) is 12.9 Å². The van der Waals surface area contributed by atoms with Crippen LogP contribution in [0.2, 0.25) is 0 Å². The highest BCUT2D eigenvalue weighted by atomic mass is 32.1. The molecule has 0 radical (unpaired) electrons. The van der Waals surface area contributed by atoms with Gasteiger partial charge in [0.1, 0.15) is 0 Å². The summed E-state index contributed by atoms with van der Waals surface area (Å²) < 4.78 is 0. The lowest BCUT2D eigenvalue weighted by Gasteiger charge is -2.24. The second-order valence-electron chi connectivity index (χ2n) is 3.66. The molecule has 1 aromatic rings. The minimum atomic E-state index is 0.125. The maximum atomic E-state index is 4.54. The SMILES string of the molecule is Cc1nc(C2(C)C=CC=CC2)cs1. The largest absolute Gasteiger partial charge is 0.246 e. The average molecular weight is 191 g/mol. The van der Waals surface area contributed by atoms with Crippen molar-refractivity contribution in [1.82, 2.24) is 4.98 Å². The van der Waals surface area contributed by atoms with Gasteiger partial charge in [-0.2, -0.15) is 0 Å². The second kappa shape index (κ2) is 3.11. The number of allylic oxidation sites excluding steroid dienone is 4. The normalized spacial score (nSPS) is 26.6. The summed E-state index contributed by atoms with van der Waals surface area (Å²) in [5.74, 6) is 0. The molecule has 0 fully saturated rings. The molecule has 0 spiro atoms. The lowest BCUT2D eigenvalue weighted by molar-refractivity contribution is 0.582. The molecule has 0 N–H and O–H groups in total. The number of aryl methyl sites for hydroxylation is 1. The van der Waals surface area contributed by atoms with E-state index in [1.54, 1.807) is 11.3 Å². The Morgan fingerprint density at radius 2 is 2.31 bits per heavy atom. The molecule has 1 nitrogen and oxygen atoms in total. The van der Waals surface area contributed by atoms with Gasteiger partial charge in [-0.15, -0.1) is 11.3 Å². The molecule has 68 valence electrons. The Hall–Kier alpha value is -0.890. The molecule has 0 aromatic carbocycles. The van der Waals surface area contributed by atoms with Gasteiger partial charge >= 0.3 is 0 Å². The summed E-state index contributed by atoms with van der Waals surface area (Å²) in [6, 6.07) is 0. The van der Waals surface area contributed by atoms with Crippen molar-refractivity contribution in [2.45, 2.75) is 25.7 Å². The second-order valence-corrected chi connectivity index (χ2v) is 4.72. The third-order valence-electron chi connectivity index (χ3n) is 2.46. The molecule has 1 aromatic heterocycles. The summed E-state index contributed by atoms with van der Waals surface area (Å²) in [6.07, 6.45) is 9.71. The highest BCUT2D eigenvalue weighted by Crippen LogP contribution is 2.32. The molecule has 1 aliphatic rings. The van der Waals surface area contributed by atoms with Crippen molar-refractivity contribution < 1.29 is 0 Å². The van der Waals surface area contributed by atoms with Gasteiger partial charge in [0.2, 0.25) is 0 Å². The van der Waals surface area contributed by atoms with Gasteiger partial charge in [-0.05, 0) is 13.3 Å². The molecule has 2 rings (SSSR count). The Balaban J connectivity index is 2.34. The van der Waals surface area contributed by atoms with Crippen molar-refractivity contribution in [2.24, 2.45) is 0 Å². The zero-order valence-corrected chi connectivity index (χ0v) is 8.77. The van der Waals surface area contributed by atoms with Crippen LogP contribution < -0.4 is 0 Å². The van der Waals surface area contributed by atoms with Gasteiger partial charge in [0.05, 0.1) is 10.7 Å². The quantitative estimate of drug-likeness (QED) is 0.664. The molecular formula is C11H13NS. The average Bonchev–Trinajstić information content (AvgIpc) is 2.54. The van der Waals surface area contributed by atoms with E-state index in [-0.39, 0.29) is 5.41 Å². The van der Waals surface area contributed by atoms with E-state index in [0.29, 0.717) is 0 Å². The molecule has 1 heterocycles. The van der Waals surface area contributed by atoms with Gasteiger partial charge < -0.3 is 0 Å². The van der Waals surface area contributed by atoms with Crippen molar-refractivity contribution in [3.8, 4) is 0 Å². The molecule has 0 saturated carbocycles. The minimum absolute atomic E-state index is 0.125. The zero-order chi connectivity index (χ0) is 9.31. The van der Waals surface area contributed by atoms with Crippen LogP contribution in [-0.4, -0.2) is 4.98 Å². The first-order valence-corrected chi connectivity index (χ1v) is 5.36. The van der Waals surface area contributed by atoms with Crippen LogP contribution in [0.3, 0.4) is 0 Å². The number of hydrogen-bond acceptors (Lipinski definition) is 2. The van der Waals surface area contributed by atoms with Crippen molar-refractivity contribution in [3.63, 3.8) is 0 Å². The number of aromatic nitrogens is 1. The molecule has 13 heavy (non-hydrogen) atoms. The Bertz CT molecular complexity index is 362. The summed E-state index contributed by atoms with van der Waals surface area (Å²) >= 11 is 1.73. The predicted molar refractivity (Wildman–Crippen MR) is 57.1 cm³/mol. The van der Waals surface area contributed by atoms with E-state index in [0.717, 1.165) is 11.4 Å². The first-order valence-electron chi connectivity index (χ1n) is 4.48. The Morgan fingerprint density at radius 1 is 1.46 bits per heavy atom. The van der Waals surface area contributed by atoms with Crippen molar-refractivity contribution >= 4 is 11.3 Å². The van der Waals surface area contributed by atoms with Gasteiger partial charge in [-0.25, -0.2) is 4.98 Å². The fraction of sp³-hybridized carbons (Fsp3) is 0.364. The Labute approximate surface area is 82.8 Å². The van der Waals surface area contributed by atoms with Crippen LogP contribution in [0.15, 0.2) is 29.7 Å². The van der Waals surface area contributed by atoms with Gasteiger partial charge in [-0.3, -0.25) is 0 Å². The molecule has 2 heteroatoms. The molecule has 1 aliphatic carbocycles. The summed E-state index contributed by atoms with van der Waals surface area (Å²) in [6.45, 7) is 4.29. The van der Waals surface area contributed by atoms with Gasteiger partial charge in [-0.1, -0.05) is 31.2 Å². The lowest BCUT2D eigenvalue weighted by atomic mass is 9.81. The molecule has 1 atom stereocenters. The molecule has 0 bridgehead atoms. The standard InChI is InChI=1S/C11H13NS/c1-9-12-10(8-13-9)11(2)6-4-3-5-7-11/h3-6,8H,7H2,1-2H3. The van der Waals surface area contributed by atoms with Crippen LogP contribution in [-0.2, 0) is 5.41 Å². The predicted octanol–water partition coefficient (Wildman–Crippen LogP) is 3.23. The third kappa shape index (κ3) is 1.59. The van der Waals surface area contributed by atoms with Crippen LogP contribution in [0.25, 0.3) is 0 Å². The molecule has 0 aliphatic heterocycles. The summed E-state index contributed by atoms with van der Waals surface area (Å²) in [5, 5.41) is 3.32. The van der Waals surface area contributed by atoms with Crippen LogP contribution >= 0.6 is 11.3 Å². The fourth-order valence-corrected chi connectivity index (χ4v) is 2.30. The lowest BCUT2D eigenvalue weighted by Crippen LogP contribution is -2.19. The number of rotatable bonds is 1. The van der Waals surface area contributed by atoms with Gasteiger partial charge in [0.25, 0.3) is 0 Å². The van der Waals surface area contributed by atoms with E-state index in [4.69, 9.17) is 0 Å². The minimum Gasteiger partial charge on any atom is -0.246 e. The monoisotopic (exact) mass is 191 g/mol. The zero-order valence-electron chi connectivity index (χ0n) is 7.95. The molecule has 0 saturated heterocycles. The highest BCUT2D eigenvalue weighted by Gasteiger charge is 2.25. The summed E-state index contributed by atoms with van der Waals surface area (Å²) in [5.41, 5.74) is 1.33. The Kier molecular flexibility index (Phi) is 2.08. The van der Waals surface area contributed by atoms with Gasteiger partial charge in [0.15, 0.2) is 0 Å². The number of hydrogen-bond donors (Lipinski definition) is 0. The highest BCUT2D eigenvalue weighted by molar-refractivity contribution is 7.09. The smallest absolute Gasteiger partial charge is 0.0897 e. The van der Waals surface area contributed by atoms with Crippen molar-refractivity contribution in [3.05, 3.63) is 40.4 Å². The maximum Gasteiger partial charge on any atom is 0.0897 e. The first-order chi connectivity index (χ1) is 6.21. The third-order valence-corrected chi connectivity index (χ3v) is 3.23. The van der Waals surface area contributed by atoms with E-state index in [1.165, 1.54) is 5.69 Å². The van der Waals surface area contributed by atoms with Crippen LogP contribution in [0, 0.1) is 6.92 Å². The van der Waals surface area contributed by atoms with Crippen molar-refractivity contribution in [2.75, 3.05) is 0 Å². The van der Waals surface area contributed by atoms with E-state index in [1.807, 2.05) is 0 Å².